The Labute approximate surface area is 177 Å². The summed E-state index contributed by atoms with van der Waals surface area (Å²) >= 11 is 0. The van der Waals surface area contributed by atoms with Crippen molar-refractivity contribution in [3.63, 3.8) is 0 Å². The van der Waals surface area contributed by atoms with Crippen LogP contribution in [-0.4, -0.2) is 27.8 Å². The topological polar surface area (TPSA) is 46.1 Å². The molecule has 0 unspecified atom stereocenters. The third-order valence-electron chi connectivity index (χ3n) is 4.97. The lowest BCUT2D eigenvalue weighted by molar-refractivity contribution is -0.137. The van der Waals surface area contributed by atoms with Crippen molar-refractivity contribution in [2.24, 2.45) is 0 Å². The van der Waals surface area contributed by atoms with Gasteiger partial charge in [0.15, 0.2) is 0 Å². The first-order valence-electron chi connectivity index (χ1n) is 9.55. The number of alkyl halides is 3. The van der Waals surface area contributed by atoms with E-state index in [1.54, 1.807) is 25.5 Å². The predicted octanol–water partition coefficient (Wildman–Crippen LogP) is 5.59. The molecule has 1 amide bonds. The van der Waals surface area contributed by atoms with Gasteiger partial charge in [0.1, 0.15) is 0 Å². The van der Waals surface area contributed by atoms with E-state index >= 15 is 0 Å². The number of nitrogens with zero attached hydrogens (tertiary/aromatic N) is 3. The Balaban J connectivity index is 1.66. The van der Waals surface area contributed by atoms with Crippen molar-refractivity contribution >= 4 is 16.8 Å². The molecule has 156 valence electrons. The lowest BCUT2D eigenvalue weighted by Crippen LogP contribution is -2.26. The highest BCUT2D eigenvalue weighted by atomic mass is 19.4. The van der Waals surface area contributed by atoms with Crippen LogP contribution in [0.5, 0.6) is 0 Å². The summed E-state index contributed by atoms with van der Waals surface area (Å²) < 4.78 is 38.4. The van der Waals surface area contributed by atoms with E-state index < -0.39 is 11.7 Å². The van der Waals surface area contributed by atoms with E-state index in [9.17, 15) is 18.0 Å². The fraction of sp³-hybridized carbons (Fsp3) is 0.125. The molecular formula is C24H18F3N3O. The molecule has 31 heavy (non-hydrogen) atoms. The second-order valence-corrected chi connectivity index (χ2v) is 7.16. The summed E-state index contributed by atoms with van der Waals surface area (Å²) in [6.07, 6.45) is -1.07. The molecule has 4 rings (SSSR count). The van der Waals surface area contributed by atoms with Crippen molar-refractivity contribution < 1.29 is 18.0 Å². The molecule has 0 saturated carbocycles. The molecule has 0 aliphatic heterocycles. The first-order chi connectivity index (χ1) is 14.8. The molecule has 2 aromatic heterocycles. The smallest absolute Gasteiger partial charge is 0.337 e. The molecule has 0 aliphatic rings. The molecule has 0 radical (unpaired) electrons. The minimum atomic E-state index is -4.39. The summed E-state index contributed by atoms with van der Waals surface area (Å²) in [4.78, 5) is 23.4. The molecule has 7 heteroatoms. The summed E-state index contributed by atoms with van der Waals surface area (Å²) in [7, 11) is 1.63. The first kappa shape index (κ1) is 20.5. The fourth-order valence-electron chi connectivity index (χ4n) is 3.37. The summed E-state index contributed by atoms with van der Waals surface area (Å²) in [5.41, 5.74) is 2.53. The van der Waals surface area contributed by atoms with Gasteiger partial charge in [-0.15, -0.1) is 0 Å². The lowest BCUT2D eigenvalue weighted by Gasteiger charge is -2.19. The van der Waals surface area contributed by atoms with E-state index in [2.05, 4.69) is 9.97 Å². The van der Waals surface area contributed by atoms with E-state index in [-0.39, 0.29) is 12.5 Å². The van der Waals surface area contributed by atoms with Crippen LogP contribution in [0.1, 0.15) is 21.5 Å². The van der Waals surface area contributed by atoms with E-state index in [1.807, 2.05) is 36.4 Å². The Morgan fingerprint density at radius 2 is 1.65 bits per heavy atom. The Kier molecular flexibility index (Phi) is 5.42. The summed E-state index contributed by atoms with van der Waals surface area (Å²) in [5, 5.41) is 0.713. The normalized spacial score (nSPS) is 11.5. The summed E-state index contributed by atoms with van der Waals surface area (Å²) in [5.74, 6) is -0.242. The molecule has 0 aliphatic carbocycles. The molecule has 0 N–H and O–H groups in total. The summed E-state index contributed by atoms with van der Waals surface area (Å²) in [6.45, 7) is 0.179. The maximum atomic E-state index is 13.3. The quantitative estimate of drug-likeness (QED) is 0.432. The monoisotopic (exact) mass is 421 g/mol. The van der Waals surface area contributed by atoms with Crippen LogP contribution in [0.25, 0.3) is 22.2 Å². The van der Waals surface area contributed by atoms with E-state index in [4.69, 9.17) is 0 Å². The number of hydrogen-bond donors (Lipinski definition) is 0. The number of halogens is 3. The molecule has 0 fully saturated rings. The van der Waals surface area contributed by atoms with Gasteiger partial charge in [-0.2, -0.15) is 13.2 Å². The highest BCUT2D eigenvalue weighted by Gasteiger charge is 2.30. The van der Waals surface area contributed by atoms with Gasteiger partial charge in [-0.1, -0.05) is 30.3 Å². The van der Waals surface area contributed by atoms with Crippen LogP contribution in [-0.2, 0) is 12.7 Å². The zero-order chi connectivity index (χ0) is 22.0. The highest BCUT2D eigenvalue weighted by molar-refractivity contribution is 6.07. The van der Waals surface area contributed by atoms with Crippen molar-refractivity contribution in [3.8, 4) is 11.3 Å². The standard InChI is InChI=1S/C24H18F3N3O/c1-30(15-16-6-8-18(9-7-16)24(25,26)27)23(31)20-14-22(17-10-12-28-13-11-17)29-21-5-3-2-4-19(20)21/h2-14H,15H2,1H3. The highest BCUT2D eigenvalue weighted by Crippen LogP contribution is 2.29. The van der Waals surface area contributed by atoms with Gasteiger partial charge < -0.3 is 4.90 Å². The number of rotatable bonds is 4. The minimum Gasteiger partial charge on any atom is -0.337 e. The van der Waals surface area contributed by atoms with E-state index in [0.29, 0.717) is 27.7 Å². The number of hydrogen-bond acceptors (Lipinski definition) is 3. The number of fused-ring (bicyclic) bond motifs is 1. The van der Waals surface area contributed by atoms with Crippen molar-refractivity contribution in [2.75, 3.05) is 7.05 Å². The van der Waals surface area contributed by atoms with Gasteiger partial charge in [0.25, 0.3) is 5.91 Å². The van der Waals surface area contributed by atoms with Gasteiger partial charge in [-0.25, -0.2) is 4.98 Å². The van der Waals surface area contributed by atoms with Crippen LogP contribution < -0.4 is 0 Å². The number of amides is 1. The first-order valence-corrected chi connectivity index (χ1v) is 9.55. The molecule has 4 nitrogen and oxygen atoms in total. The fourth-order valence-corrected chi connectivity index (χ4v) is 3.37. The van der Waals surface area contributed by atoms with Crippen LogP contribution >= 0.6 is 0 Å². The predicted molar refractivity (Wildman–Crippen MR) is 112 cm³/mol. The molecule has 0 bridgehead atoms. The van der Waals surface area contributed by atoms with Crippen molar-refractivity contribution in [3.05, 3.63) is 95.8 Å². The van der Waals surface area contributed by atoms with Crippen LogP contribution in [0.15, 0.2) is 79.1 Å². The van der Waals surface area contributed by atoms with Crippen LogP contribution in [0, 0.1) is 0 Å². The number of aromatic nitrogens is 2. The summed E-state index contributed by atoms with van der Waals surface area (Å²) in [6, 6.07) is 17.6. The van der Waals surface area contributed by atoms with Gasteiger partial charge in [0.2, 0.25) is 0 Å². The second-order valence-electron chi connectivity index (χ2n) is 7.16. The maximum absolute atomic E-state index is 13.3. The average molecular weight is 421 g/mol. The Morgan fingerprint density at radius 1 is 0.968 bits per heavy atom. The molecule has 4 aromatic rings. The molecule has 0 atom stereocenters. The van der Waals surface area contributed by atoms with E-state index in [1.165, 1.54) is 17.0 Å². The van der Waals surface area contributed by atoms with Crippen molar-refractivity contribution in [1.82, 2.24) is 14.9 Å². The Bertz CT molecular complexity index is 1220. The SMILES string of the molecule is CN(Cc1ccc(C(F)(F)F)cc1)C(=O)c1cc(-c2ccncc2)nc2ccccc12. The maximum Gasteiger partial charge on any atom is 0.416 e. The third kappa shape index (κ3) is 4.40. The molecular weight excluding hydrogens is 403 g/mol. The number of benzene rings is 2. The number of carbonyl (C=O) groups excluding carboxylic acids is 1. The van der Waals surface area contributed by atoms with Gasteiger partial charge in [-0.05, 0) is 42.0 Å². The lowest BCUT2D eigenvalue weighted by atomic mass is 10.0. The third-order valence-corrected chi connectivity index (χ3v) is 4.97. The molecule has 2 aromatic carbocycles. The number of para-hydroxylation sites is 1. The number of carbonyl (C=O) groups is 1. The van der Waals surface area contributed by atoms with Gasteiger partial charge in [-0.3, -0.25) is 9.78 Å². The molecule has 0 saturated heterocycles. The van der Waals surface area contributed by atoms with Crippen LogP contribution in [0.3, 0.4) is 0 Å². The molecule has 0 spiro atoms. The molecule has 2 heterocycles. The van der Waals surface area contributed by atoms with Crippen molar-refractivity contribution in [1.29, 1.82) is 0 Å². The minimum absolute atomic E-state index is 0.179. The number of pyridine rings is 2. The van der Waals surface area contributed by atoms with E-state index in [0.717, 1.165) is 17.7 Å². The Hall–Kier alpha value is -3.74. The zero-order valence-corrected chi connectivity index (χ0v) is 16.6. The van der Waals surface area contributed by atoms with Crippen molar-refractivity contribution in [2.45, 2.75) is 12.7 Å². The Morgan fingerprint density at radius 3 is 2.32 bits per heavy atom. The van der Waals surface area contributed by atoms with Crippen LogP contribution in [0.4, 0.5) is 13.2 Å². The second kappa shape index (κ2) is 8.18. The zero-order valence-electron chi connectivity index (χ0n) is 16.6. The van der Waals surface area contributed by atoms with Crippen LogP contribution in [0.2, 0.25) is 0 Å². The van der Waals surface area contributed by atoms with Gasteiger partial charge in [0.05, 0.1) is 22.3 Å². The largest absolute Gasteiger partial charge is 0.416 e. The van der Waals surface area contributed by atoms with Gasteiger partial charge in [0, 0.05) is 36.9 Å². The average Bonchev–Trinajstić information content (AvgIpc) is 2.78. The van der Waals surface area contributed by atoms with Gasteiger partial charge >= 0.3 is 6.18 Å².